The lowest BCUT2D eigenvalue weighted by molar-refractivity contribution is -0.741. The molecule has 1 aromatic carbocycles. The Balaban J connectivity index is 2.11. The third kappa shape index (κ3) is 1.45. The predicted octanol–water partition coefficient (Wildman–Crippen LogP) is 2.39. The van der Waals surface area contributed by atoms with E-state index < -0.39 is 0 Å². The van der Waals surface area contributed by atoms with Crippen LogP contribution in [0.1, 0.15) is 24.5 Å². The van der Waals surface area contributed by atoms with Crippen LogP contribution in [0.3, 0.4) is 0 Å². The average molecular weight is 213 g/mol. The topological polar surface area (TPSA) is 8.81 Å². The molecule has 0 amide bonds. The summed E-state index contributed by atoms with van der Waals surface area (Å²) in [5, 5.41) is 0. The van der Waals surface area contributed by atoms with Gasteiger partial charge in [-0.1, -0.05) is 18.2 Å². The molecule has 1 aromatic heterocycles. The van der Waals surface area contributed by atoms with E-state index in [1.165, 1.54) is 29.8 Å². The van der Waals surface area contributed by atoms with Gasteiger partial charge in [-0.3, -0.25) is 0 Å². The van der Waals surface area contributed by atoms with Crippen molar-refractivity contribution >= 4 is 0 Å². The van der Waals surface area contributed by atoms with E-state index in [0.29, 0.717) is 0 Å². The number of aromatic nitrogens is 2. The number of benzene rings is 1. The number of rotatable bonds is 2. The van der Waals surface area contributed by atoms with Gasteiger partial charge in [0.2, 0.25) is 5.69 Å². The van der Waals surface area contributed by atoms with Crippen molar-refractivity contribution in [1.29, 1.82) is 0 Å². The molecule has 1 fully saturated rings. The Morgan fingerprint density at radius 2 is 1.88 bits per heavy atom. The van der Waals surface area contributed by atoms with Crippen LogP contribution in [-0.2, 0) is 14.1 Å². The van der Waals surface area contributed by atoms with Crippen LogP contribution in [0.2, 0.25) is 0 Å². The minimum absolute atomic E-state index is 0.800. The van der Waals surface area contributed by atoms with E-state index >= 15 is 0 Å². The Kier molecular flexibility index (Phi) is 2.10. The third-order valence-corrected chi connectivity index (χ3v) is 3.52. The maximum absolute atomic E-state index is 2.34. The summed E-state index contributed by atoms with van der Waals surface area (Å²) in [4.78, 5) is 0. The van der Waals surface area contributed by atoms with Crippen molar-refractivity contribution in [2.45, 2.75) is 18.8 Å². The molecule has 0 bridgehead atoms. The second-order valence-electron chi connectivity index (χ2n) is 4.64. The molecule has 1 aliphatic rings. The smallest absolute Gasteiger partial charge is 0.160 e. The zero-order valence-corrected chi connectivity index (χ0v) is 9.85. The maximum Gasteiger partial charge on any atom is 0.238 e. The van der Waals surface area contributed by atoms with Gasteiger partial charge >= 0.3 is 0 Å². The molecule has 82 valence electrons. The van der Waals surface area contributed by atoms with E-state index in [4.69, 9.17) is 0 Å². The predicted molar refractivity (Wildman–Crippen MR) is 64.0 cm³/mol. The lowest BCUT2D eigenvalue weighted by Gasteiger charge is -1.96. The van der Waals surface area contributed by atoms with E-state index in [2.05, 4.69) is 59.9 Å². The molecule has 0 spiro atoms. The third-order valence-electron chi connectivity index (χ3n) is 3.52. The summed E-state index contributed by atoms with van der Waals surface area (Å²) < 4.78 is 4.52. The number of hydrogen-bond donors (Lipinski definition) is 0. The van der Waals surface area contributed by atoms with Crippen LogP contribution < -0.4 is 4.68 Å². The minimum atomic E-state index is 0.800. The summed E-state index contributed by atoms with van der Waals surface area (Å²) in [6.07, 6.45) is 2.71. The maximum atomic E-state index is 2.34. The van der Waals surface area contributed by atoms with Crippen molar-refractivity contribution in [3.05, 3.63) is 42.1 Å². The van der Waals surface area contributed by atoms with Crippen LogP contribution in [0.4, 0.5) is 0 Å². The molecular formula is C14H17N2+. The highest BCUT2D eigenvalue weighted by Crippen LogP contribution is 2.40. The number of nitrogens with zero attached hydrogens (tertiary/aromatic N) is 2. The summed E-state index contributed by atoms with van der Waals surface area (Å²) in [5.74, 6) is 0.800. The Morgan fingerprint density at radius 3 is 2.50 bits per heavy atom. The molecule has 2 aromatic rings. The highest BCUT2D eigenvalue weighted by atomic mass is 15.4. The van der Waals surface area contributed by atoms with Gasteiger partial charge in [-0.25, -0.2) is 0 Å². The zero-order chi connectivity index (χ0) is 11.1. The van der Waals surface area contributed by atoms with Crippen LogP contribution in [0.15, 0.2) is 36.4 Å². The first-order valence-electron chi connectivity index (χ1n) is 5.88. The Labute approximate surface area is 96.1 Å². The molecule has 0 radical (unpaired) electrons. The fourth-order valence-electron chi connectivity index (χ4n) is 2.30. The van der Waals surface area contributed by atoms with E-state index in [1.807, 2.05) is 0 Å². The molecular weight excluding hydrogens is 196 g/mol. The van der Waals surface area contributed by atoms with E-state index in [1.54, 1.807) is 0 Å². The van der Waals surface area contributed by atoms with Crippen molar-refractivity contribution < 1.29 is 4.68 Å². The van der Waals surface area contributed by atoms with Gasteiger partial charge in [0.25, 0.3) is 0 Å². The Hall–Kier alpha value is -1.57. The standard InChI is InChI=1S/C14H17N2/c1-15-13(11-6-4-3-5-7-11)10-14(16(15)2)12-8-9-12/h3-7,10,12H,8-9H2,1-2H3/q+1. The Morgan fingerprint density at radius 1 is 1.19 bits per heavy atom. The zero-order valence-electron chi connectivity index (χ0n) is 9.85. The van der Waals surface area contributed by atoms with Crippen LogP contribution in [-0.4, -0.2) is 4.68 Å². The number of hydrogen-bond acceptors (Lipinski definition) is 0. The van der Waals surface area contributed by atoms with Gasteiger partial charge < -0.3 is 0 Å². The van der Waals surface area contributed by atoms with Gasteiger partial charge in [-0.05, 0) is 25.0 Å². The van der Waals surface area contributed by atoms with Gasteiger partial charge in [-0.2, -0.15) is 4.68 Å². The quantitative estimate of drug-likeness (QED) is 0.677. The molecule has 2 nitrogen and oxygen atoms in total. The fraction of sp³-hybridized carbons (Fsp3) is 0.357. The first-order chi connectivity index (χ1) is 7.77. The van der Waals surface area contributed by atoms with Gasteiger partial charge in [0.05, 0.1) is 12.7 Å². The first kappa shape index (κ1) is 9.64. The van der Waals surface area contributed by atoms with E-state index in [0.717, 1.165) is 5.92 Å². The van der Waals surface area contributed by atoms with Crippen molar-refractivity contribution in [2.75, 3.05) is 0 Å². The van der Waals surface area contributed by atoms with Gasteiger partial charge in [-0.15, -0.1) is 4.68 Å². The lowest BCUT2D eigenvalue weighted by atomic mass is 10.1. The molecule has 1 aliphatic carbocycles. The second kappa shape index (κ2) is 3.48. The normalized spacial score (nSPS) is 15.4. The van der Waals surface area contributed by atoms with Crippen LogP contribution in [0.5, 0.6) is 0 Å². The van der Waals surface area contributed by atoms with Crippen molar-refractivity contribution in [3.63, 3.8) is 0 Å². The summed E-state index contributed by atoms with van der Waals surface area (Å²) in [7, 11) is 4.29. The SMILES string of the molecule is Cn1c(C2CC2)cc(-c2ccccc2)[n+]1C. The van der Waals surface area contributed by atoms with Crippen LogP contribution >= 0.6 is 0 Å². The van der Waals surface area contributed by atoms with E-state index in [9.17, 15) is 0 Å². The van der Waals surface area contributed by atoms with Crippen LogP contribution in [0, 0.1) is 0 Å². The van der Waals surface area contributed by atoms with Gasteiger partial charge in [0.15, 0.2) is 7.05 Å². The molecule has 0 N–H and O–H groups in total. The monoisotopic (exact) mass is 213 g/mol. The minimum Gasteiger partial charge on any atom is -0.160 e. The second-order valence-corrected chi connectivity index (χ2v) is 4.64. The fourth-order valence-corrected chi connectivity index (χ4v) is 2.30. The first-order valence-corrected chi connectivity index (χ1v) is 5.88. The van der Waals surface area contributed by atoms with Crippen LogP contribution in [0.25, 0.3) is 11.3 Å². The molecule has 3 rings (SSSR count). The Bertz CT molecular complexity index is 507. The molecule has 0 aliphatic heterocycles. The molecule has 0 atom stereocenters. The summed E-state index contributed by atoms with van der Waals surface area (Å²) in [6, 6.07) is 12.9. The lowest BCUT2D eigenvalue weighted by Crippen LogP contribution is -2.39. The molecule has 1 saturated carbocycles. The highest BCUT2D eigenvalue weighted by Gasteiger charge is 2.31. The van der Waals surface area contributed by atoms with Crippen molar-refractivity contribution in [3.8, 4) is 11.3 Å². The van der Waals surface area contributed by atoms with Gasteiger partial charge in [0, 0.05) is 17.5 Å². The summed E-state index contributed by atoms with van der Waals surface area (Å²) in [5.41, 5.74) is 4.08. The molecule has 1 heterocycles. The van der Waals surface area contributed by atoms with Crippen molar-refractivity contribution in [2.24, 2.45) is 14.1 Å². The molecule has 16 heavy (non-hydrogen) atoms. The van der Waals surface area contributed by atoms with E-state index in [-0.39, 0.29) is 0 Å². The largest absolute Gasteiger partial charge is 0.238 e. The molecule has 2 heteroatoms. The van der Waals surface area contributed by atoms with Crippen molar-refractivity contribution in [1.82, 2.24) is 4.68 Å². The molecule has 0 saturated heterocycles. The summed E-state index contributed by atoms with van der Waals surface area (Å²) >= 11 is 0. The summed E-state index contributed by atoms with van der Waals surface area (Å²) in [6.45, 7) is 0. The highest BCUT2D eigenvalue weighted by molar-refractivity contribution is 5.56. The average Bonchev–Trinajstić information content (AvgIpc) is 3.10. The molecule has 0 unspecified atom stereocenters. The van der Waals surface area contributed by atoms with Gasteiger partial charge in [0.1, 0.15) is 0 Å².